The van der Waals surface area contributed by atoms with Crippen LogP contribution in [-0.2, 0) is 6.42 Å². The molecule has 0 aliphatic rings. The van der Waals surface area contributed by atoms with Gasteiger partial charge < -0.3 is 16.0 Å². The summed E-state index contributed by atoms with van der Waals surface area (Å²) in [7, 11) is 0. The highest BCUT2D eigenvalue weighted by atomic mass is 16.3. The number of nitrogens with zero attached hydrogens (tertiary/aromatic N) is 2. The van der Waals surface area contributed by atoms with Gasteiger partial charge in [0.1, 0.15) is 0 Å². The van der Waals surface area contributed by atoms with Gasteiger partial charge in [0.15, 0.2) is 0 Å². The average molecular weight is 191 g/mol. The SMILES string of the molecule is [N-]=[N+]=CCc1cccc(NCCO)c1. The third kappa shape index (κ3) is 3.39. The van der Waals surface area contributed by atoms with E-state index in [9.17, 15) is 0 Å². The van der Waals surface area contributed by atoms with Crippen LogP contribution in [0.4, 0.5) is 5.69 Å². The van der Waals surface area contributed by atoms with E-state index in [-0.39, 0.29) is 6.61 Å². The fourth-order valence-electron chi connectivity index (χ4n) is 1.15. The van der Waals surface area contributed by atoms with Crippen LogP contribution in [0.25, 0.3) is 5.53 Å². The number of rotatable bonds is 5. The molecule has 14 heavy (non-hydrogen) atoms. The first-order chi connectivity index (χ1) is 6.86. The minimum absolute atomic E-state index is 0.113. The summed E-state index contributed by atoms with van der Waals surface area (Å²) in [6.45, 7) is 0.653. The summed E-state index contributed by atoms with van der Waals surface area (Å²) < 4.78 is 0. The second kappa shape index (κ2) is 5.91. The molecule has 0 heterocycles. The molecule has 0 fully saturated rings. The topological polar surface area (TPSA) is 68.7 Å². The molecule has 2 N–H and O–H groups in total. The van der Waals surface area contributed by atoms with Crippen LogP contribution >= 0.6 is 0 Å². The molecule has 0 aromatic heterocycles. The predicted molar refractivity (Wildman–Crippen MR) is 55.4 cm³/mol. The van der Waals surface area contributed by atoms with Crippen molar-refractivity contribution < 1.29 is 9.90 Å². The van der Waals surface area contributed by atoms with Crippen LogP contribution in [0.2, 0.25) is 0 Å². The van der Waals surface area contributed by atoms with E-state index in [1.54, 1.807) is 0 Å². The van der Waals surface area contributed by atoms with E-state index in [1.807, 2.05) is 24.3 Å². The molecule has 0 aliphatic heterocycles. The van der Waals surface area contributed by atoms with Gasteiger partial charge in [-0.05, 0) is 17.7 Å². The number of hydrogen-bond donors (Lipinski definition) is 2. The van der Waals surface area contributed by atoms with Crippen molar-refractivity contribution in [1.82, 2.24) is 0 Å². The van der Waals surface area contributed by atoms with Crippen molar-refractivity contribution in [1.29, 1.82) is 0 Å². The largest absolute Gasteiger partial charge is 0.395 e. The zero-order chi connectivity index (χ0) is 10.2. The number of anilines is 1. The van der Waals surface area contributed by atoms with Gasteiger partial charge in [-0.3, -0.25) is 0 Å². The Kier molecular flexibility index (Phi) is 4.41. The van der Waals surface area contributed by atoms with Crippen LogP contribution in [0.15, 0.2) is 24.3 Å². The molecule has 0 saturated heterocycles. The molecular weight excluding hydrogens is 178 g/mol. The summed E-state index contributed by atoms with van der Waals surface area (Å²) in [5.74, 6) is 0. The molecule has 0 saturated carbocycles. The lowest BCUT2D eigenvalue weighted by Gasteiger charge is -2.04. The molecule has 0 unspecified atom stereocenters. The maximum absolute atomic E-state index is 8.62. The van der Waals surface area contributed by atoms with Gasteiger partial charge in [-0.2, -0.15) is 4.79 Å². The van der Waals surface area contributed by atoms with Gasteiger partial charge in [-0.15, -0.1) is 0 Å². The highest BCUT2D eigenvalue weighted by molar-refractivity contribution is 5.57. The number of aliphatic hydroxyl groups is 1. The lowest BCUT2D eigenvalue weighted by atomic mass is 10.1. The Labute approximate surface area is 82.8 Å². The predicted octanol–water partition coefficient (Wildman–Crippen LogP) is 0.934. The maximum Gasteiger partial charge on any atom is 0.261 e. The van der Waals surface area contributed by atoms with E-state index >= 15 is 0 Å². The Balaban J connectivity index is 2.63. The van der Waals surface area contributed by atoms with Crippen LogP contribution in [-0.4, -0.2) is 29.3 Å². The van der Waals surface area contributed by atoms with Crippen LogP contribution in [0.1, 0.15) is 5.56 Å². The van der Waals surface area contributed by atoms with Crippen molar-refractivity contribution >= 4 is 11.9 Å². The Morgan fingerprint density at radius 3 is 3.07 bits per heavy atom. The molecule has 4 nitrogen and oxygen atoms in total. The van der Waals surface area contributed by atoms with E-state index in [0.29, 0.717) is 13.0 Å². The highest BCUT2D eigenvalue weighted by Gasteiger charge is 1.95. The first kappa shape index (κ1) is 10.4. The Morgan fingerprint density at radius 1 is 1.50 bits per heavy atom. The van der Waals surface area contributed by atoms with Gasteiger partial charge in [0.25, 0.3) is 6.21 Å². The molecule has 4 heteroatoms. The summed E-state index contributed by atoms with van der Waals surface area (Å²) >= 11 is 0. The Bertz CT molecular complexity index is 332. The van der Waals surface area contributed by atoms with Crippen LogP contribution in [0.3, 0.4) is 0 Å². The number of hydrogen-bond acceptors (Lipinski definition) is 2. The fraction of sp³-hybridized carbons (Fsp3) is 0.300. The van der Waals surface area contributed by atoms with E-state index in [2.05, 4.69) is 10.1 Å². The van der Waals surface area contributed by atoms with Gasteiger partial charge in [0.2, 0.25) is 0 Å². The van der Waals surface area contributed by atoms with E-state index in [1.165, 1.54) is 6.21 Å². The normalized spacial score (nSPS) is 9.21. The van der Waals surface area contributed by atoms with Gasteiger partial charge >= 0.3 is 0 Å². The standard InChI is InChI=1S/C10H13N3O/c11-13-5-4-9-2-1-3-10(8-9)12-6-7-14/h1-3,5,8,12,14H,4,6-7H2. The molecule has 0 aliphatic carbocycles. The lowest BCUT2D eigenvalue weighted by Crippen LogP contribution is -2.05. The summed E-state index contributed by atoms with van der Waals surface area (Å²) in [5, 5.41) is 11.7. The molecule has 1 rings (SSSR count). The zero-order valence-electron chi connectivity index (χ0n) is 7.85. The van der Waals surface area contributed by atoms with Gasteiger partial charge in [-0.1, -0.05) is 12.1 Å². The maximum atomic E-state index is 8.62. The van der Waals surface area contributed by atoms with E-state index in [0.717, 1.165) is 11.3 Å². The zero-order valence-corrected chi connectivity index (χ0v) is 7.85. The Morgan fingerprint density at radius 2 is 2.36 bits per heavy atom. The minimum atomic E-state index is 0.113. The van der Waals surface area contributed by atoms with Crippen molar-refractivity contribution in [3.8, 4) is 0 Å². The van der Waals surface area contributed by atoms with Crippen LogP contribution < -0.4 is 5.32 Å². The average Bonchev–Trinajstić information content (AvgIpc) is 2.24. The number of benzene rings is 1. The second-order valence-electron chi connectivity index (χ2n) is 2.85. The fourth-order valence-corrected chi connectivity index (χ4v) is 1.15. The highest BCUT2D eigenvalue weighted by Crippen LogP contribution is 2.09. The first-order valence-corrected chi connectivity index (χ1v) is 4.46. The van der Waals surface area contributed by atoms with Crippen molar-refractivity contribution in [3.63, 3.8) is 0 Å². The van der Waals surface area contributed by atoms with E-state index in [4.69, 9.17) is 10.6 Å². The van der Waals surface area contributed by atoms with E-state index < -0.39 is 0 Å². The molecule has 0 amide bonds. The summed E-state index contributed by atoms with van der Waals surface area (Å²) in [4.78, 5) is 2.94. The molecule has 0 radical (unpaired) electrons. The summed E-state index contributed by atoms with van der Waals surface area (Å²) in [6.07, 6.45) is 2.04. The molecule has 0 atom stereocenters. The van der Waals surface area contributed by atoms with Crippen molar-refractivity contribution in [3.05, 3.63) is 35.4 Å². The van der Waals surface area contributed by atoms with Gasteiger partial charge in [0.05, 0.1) is 13.0 Å². The quantitative estimate of drug-likeness (QED) is 0.413. The molecule has 0 bridgehead atoms. The molecule has 1 aromatic carbocycles. The first-order valence-electron chi connectivity index (χ1n) is 4.46. The van der Waals surface area contributed by atoms with Crippen molar-refractivity contribution in [2.45, 2.75) is 6.42 Å². The smallest absolute Gasteiger partial charge is 0.261 e. The van der Waals surface area contributed by atoms with Gasteiger partial charge in [-0.25, -0.2) is 0 Å². The van der Waals surface area contributed by atoms with Gasteiger partial charge in [0, 0.05) is 12.2 Å². The number of nitrogens with one attached hydrogen (secondary N) is 1. The second-order valence-corrected chi connectivity index (χ2v) is 2.85. The summed E-state index contributed by atoms with van der Waals surface area (Å²) in [6, 6.07) is 7.75. The monoisotopic (exact) mass is 191 g/mol. The molecular formula is C10H13N3O. The summed E-state index contributed by atoms with van der Waals surface area (Å²) in [5.41, 5.74) is 10.3. The molecule has 1 aromatic rings. The third-order valence-corrected chi connectivity index (χ3v) is 1.78. The van der Waals surface area contributed by atoms with Crippen LogP contribution in [0.5, 0.6) is 0 Å². The molecule has 0 spiro atoms. The lowest BCUT2D eigenvalue weighted by molar-refractivity contribution is 0.00158. The molecule has 74 valence electrons. The van der Waals surface area contributed by atoms with Crippen molar-refractivity contribution in [2.24, 2.45) is 0 Å². The number of aliphatic hydroxyl groups excluding tert-OH is 1. The third-order valence-electron chi connectivity index (χ3n) is 1.78. The van der Waals surface area contributed by atoms with Crippen LogP contribution in [0, 0.1) is 0 Å². The minimum Gasteiger partial charge on any atom is -0.395 e. The van der Waals surface area contributed by atoms with Crippen molar-refractivity contribution in [2.75, 3.05) is 18.5 Å². The Hall–Kier alpha value is -1.64.